The number of hydrogen-bond donors (Lipinski definition) is 1. The fraction of sp³-hybridized carbons (Fsp3) is 0.250. The number of nitrogens with zero attached hydrogens (tertiary/aromatic N) is 3. The van der Waals surface area contributed by atoms with E-state index in [1.807, 2.05) is 0 Å². The van der Waals surface area contributed by atoms with Crippen molar-refractivity contribution in [3.63, 3.8) is 0 Å². The molecular formula is C16H13N3O5. The lowest BCUT2D eigenvalue weighted by Crippen LogP contribution is -2.36. The van der Waals surface area contributed by atoms with E-state index in [1.165, 1.54) is 17.0 Å². The predicted octanol–water partition coefficient (Wildman–Crippen LogP) is 1.65. The third kappa shape index (κ3) is 1.83. The second kappa shape index (κ2) is 5.00. The standard InChI is InChI=1S/C16H13N3O5/c20-13-7-8-17-14(13)15(21)18(16(17)22)11-5-1-4-10-9(11)3-2-6-12(10)19(23)24/h1-6,13-14,20H,7-8H2/t13-,14+/m1/s1. The molecule has 0 aromatic heterocycles. The van der Waals surface area contributed by atoms with Gasteiger partial charge in [0.05, 0.1) is 22.1 Å². The highest BCUT2D eigenvalue weighted by Gasteiger charge is 2.52. The Morgan fingerprint density at radius 1 is 1.12 bits per heavy atom. The molecule has 2 atom stereocenters. The molecule has 0 radical (unpaired) electrons. The number of urea groups is 1. The average molecular weight is 327 g/mol. The van der Waals surface area contributed by atoms with Crippen LogP contribution in [0.5, 0.6) is 0 Å². The molecule has 0 unspecified atom stereocenters. The molecule has 2 aromatic carbocycles. The van der Waals surface area contributed by atoms with Gasteiger partial charge >= 0.3 is 6.03 Å². The number of fused-ring (bicyclic) bond motifs is 2. The number of carbonyl (C=O) groups is 2. The number of rotatable bonds is 2. The van der Waals surface area contributed by atoms with Crippen molar-refractivity contribution in [3.05, 3.63) is 46.5 Å². The highest BCUT2D eigenvalue weighted by Crippen LogP contribution is 2.37. The Morgan fingerprint density at radius 2 is 1.83 bits per heavy atom. The normalized spacial score (nSPS) is 23.2. The Bertz CT molecular complexity index is 896. The van der Waals surface area contributed by atoms with Gasteiger partial charge in [-0.3, -0.25) is 14.9 Å². The molecule has 0 saturated carbocycles. The van der Waals surface area contributed by atoms with Crippen molar-refractivity contribution in [2.75, 3.05) is 11.4 Å². The van der Waals surface area contributed by atoms with E-state index in [0.717, 1.165) is 4.90 Å². The molecule has 0 spiro atoms. The van der Waals surface area contributed by atoms with Crippen LogP contribution in [0.3, 0.4) is 0 Å². The molecular weight excluding hydrogens is 314 g/mol. The number of aliphatic hydroxyl groups excluding tert-OH is 1. The largest absolute Gasteiger partial charge is 0.390 e. The molecule has 24 heavy (non-hydrogen) atoms. The van der Waals surface area contributed by atoms with Crippen LogP contribution in [-0.4, -0.2) is 45.6 Å². The Hall–Kier alpha value is -3.00. The van der Waals surface area contributed by atoms with Gasteiger partial charge in [-0.2, -0.15) is 0 Å². The topological polar surface area (TPSA) is 104 Å². The summed E-state index contributed by atoms with van der Waals surface area (Å²) in [5.74, 6) is -0.496. The number of amides is 3. The number of hydrogen-bond acceptors (Lipinski definition) is 5. The van der Waals surface area contributed by atoms with Gasteiger partial charge in [0, 0.05) is 18.0 Å². The highest BCUT2D eigenvalue weighted by atomic mass is 16.6. The van der Waals surface area contributed by atoms with Crippen molar-refractivity contribution < 1.29 is 19.6 Å². The van der Waals surface area contributed by atoms with E-state index >= 15 is 0 Å². The Balaban J connectivity index is 1.89. The van der Waals surface area contributed by atoms with Crippen molar-refractivity contribution >= 4 is 34.1 Å². The first-order valence-corrected chi connectivity index (χ1v) is 7.49. The van der Waals surface area contributed by atoms with Crippen LogP contribution in [0.2, 0.25) is 0 Å². The molecule has 3 amide bonds. The summed E-state index contributed by atoms with van der Waals surface area (Å²) in [4.78, 5) is 38.3. The third-order valence-electron chi connectivity index (χ3n) is 4.59. The van der Waals surface area contributed by atoms with Gasteiger partial charge in [0.2, 0.25) is 0 Å². The summed E-state index contributed by atoms with van der Waals surface area (Å²) in [7, 11) is 0. The molecule has 2 aromatic rings. The second-order valence-electron chi connectivity index (χ2n) is 5.86. The number of non-ortho nitro benzene ring substituents is 1. The van der Waals surface area contributed by atoms with Gasteiger partial charge in [0.15, 0.2) is 0 Å². The van der Waals surface area contributed by atoms with Crippen LogP contribution in [0.15, 0.2) is 36.4 Å². The first-order valence-electron chi connectivity index (χ1n) is 7.49. The molecule has 8 nitrogen and oxygen atoms in total. The smallest absolute Gasteiger partial charge is 0.332 e. The Morgan fingerprint density at radius 3 is 2.54 bits per heavy atom. The van der Waals surface area contributed by atoms with Crippen molar-refractivity contribution in [2.24, 2.45) is 0 Å². The lowest BCUT2D eigenvalue weighted by Gasteiger charge is -2.17. The van der Waals surface area contributed by atoms with E-state index in [2.05, 4.69) is 0 Å². The van der Waals surface area contributed by atoms with Crippen molar-refractivity contribution in [1.29, 1.82) is 0 Å². The van der Waals surface area contributed by atoms with E-state index in [1.54, 1.807) is 24.3 Å². The van der Waals surface area contributed by atoms with Crippen LogP contribution in [0.1, 0.15) is 6.42 Å². The number of nitro benzene ring substituents is 1. The summed E-state index contributed by atoms with van der Waals surface area (Å²) in [5, 5.41) is 22.0. The fourth-order valence-electron chi connectivity index (χ4n) is 3.50. The average Bonchev–Trinajstić information content (AvgIpc) is 3.06. The number of imide groups is 1. The number of anilines is 1. The first-order chi connectivity index (χ1) is 11.5. The number of benzene rings is 2. The maximum atomic E-state index is 12.6. The SMILES string of the molecule is O=C1[C@@H]2[C@H](O)CCN2C(=O)N1c1cccc2c([N+](=O)[O-])cccc12. The van der Waals surface area contributed by atoms with Crippen LogP contribution < -0.4 is 4.90 Å². The molecule has 0 aliphatic carbocycles. The first kappa shape index (κ1) is 14.6. The summed E-state index contributed by atoms with van der Waals surface area (Å²) in [5.41, 5.74) is 0.210. The van der Waals surface area contributed by atoms with Crippen molar-refractivity contribution in [1.82, 2.24) is 4.90 Å². The third-order valence-corrected chi connectivity index (χ3v) is 4.59. The van der Waals surface area contributed by atoms with Gasteiger partial charge in [0.25, 0.3) is 11.6 Å². The van der Waals surface area contributed by atoms with Gasteiger partial charge < -0.3 is 10.0 Å². The highest BCUT2D eigenvalue weighted by molar-refractivity contribution is 6.25. The number of carbonyl (C=O) groups excluding carboxylic acids is 2. The molecule has 1 N–H and O–H groups in total. The van der Waals surface area contributed by atoms with Gasteiger partial charge in [-0.05, 0) is 18.6 Å². The van der Waals surface area contributed by atoms with Crippen molar-refractivity contribution in [2.45, 2.75) is 18.6 Å². The summed E-state index contributed by atoms with van der Waals surface area (Å²) in [6.45, 7) is 0.317. The molecule has 2 aliphatic rings. The van der Waals surface area contributed by atoms with Crippen molar-refractivity contribution in [3.8, 4) is 0 Å². The van der Waals surface area contributed by atoms with E-state index in [0.29, 0.717) is 29.4 Å². The maximum Gasteiger partial charge on any atom is 0.332 e. The minimum atomic E-state index is -0.879. The Labute approximate surface area is 136 Å². The molecule has 8 heteroatoms. The van der Waals surface area contributed by atoms with Crippen LogP contribution in [0.25, 0.3) is 10.8 Å². The summed E-state index contributed by atoms with van der Waals surface area (Å²) in [6.07, 6.45) is -0.507. The number of aliphatic hydroxyl groups is 1. The molecule has 2 saturated heterocycles. The quantitative estimate of drug-likeness (QED) is 0.513. The predicted molar refractivity (Wildman–Crippen MR) is 84.6 cm³/mol. The van der Waals surface area contributed by atoms with Crippen LogP contribution in [0, 0.1) is 10.1 Å². The number of nitro groups is 1. The minimum absolute atomic E-state index is 0.0889. The van der Waals surface area contributed by atoms with Gasteiger partial charge in [-0.25, -0.2) is 9.69 Å². The van der Waals surface area contributed by atoms with Crippen LogP contribution >= 0.6 is 0 Å². The monoisotopic (exact) mass is 327 g/mol. The zero-order valence-corrected chi connectivity index (χ0v) is 12.5. The van der Waals surface area contributed by atoms with E-state index in [9.17, 15) is 24.8 Å². The zero-order chi connectivity index (χ0) is 17.0. The van der Waals surface area contributed by atoms with Gasteiger partial charge in [-0.15, -0.1) is 0 Å². The molecule has 122 valence electrons. The summed E-state index contributed by atoms with van der Waals surface area (Å²) in [6, 6.07) is 7.90. The Kier molecular flexibility index (Phi) is 3.04. The molecule has 2 aliphatic heterocycles. The molecule has 2 fully saturated rings. The molecule has 2 heterocycles. The summed E-state index contributed by atoms with van der Waals surface area (Å²) >= 11 is 0. The lowest BCUT2D eigenvalue weighted by atomic mass is 10.1. The van der Waals surface area contributed by atoms with Crippen LogP contribution in [0.4, 0.5) is 16.2 Å². The minimum Gasteiger partial charge on any atom is -0.390 e. The van der Waals surface area contributed by atoms with Gasteiger partial charge in [0.1, 0.15) is 6.04 Å². The lowest BCUT2D eigenvalue weighted by molar-refractivity contribution is -0.383. The second-order valence-corrected chi connectivity index (χ2v) is 5.86. The van der Waals surface area contributed by atoms with E-state index < -0.39 is 29.0 Å². The van der Waals surface area contributed by atoms with E-state index in [-0.39, 0.29) is 5.69 Å². The molecule has 0 bridgehead atoms. The maximum absolute atomic E-state index is 12.6. The van der Waals surface area contributed by atoms with E-state index in [4.69, 9.17) is 0 Å². The fourth-order valence-corrected chi connectivity index (χ4v) is 3.50. The van der Waals surface area contributed by atoms with Gasteiger partial charge in [-0.1, -0.05) is 18.2 Å². The zero-order valence-electron chi connectivity index (χ0n) is 12.5. The summed E-state index contributed by atoms with van der Waals surface area (Å²) < 4.78 is 0. The van der Waals surface area contributed by atoms with Crippen LogP contribution in [-0.2, 0) is 4.79 Å². The molecule has 4 rings (SSSR count).